The van der Waals surface area contributed by atoms with Crippen molar-refractivity contribution in [2.24, 2.45) is 5.18 Å². The van der Waals surface area contributed by atoms with Gasteiger partial charge >= 0.3 is 12.1 Å². The van der Waals surface area contributed by atoms with Crippen LogP contribution in [0.25, 0.3) is 0 Å². The van der Waals surface area contributed by atoms with Crippen molar-refractivity contribution in [3.05, 3.63) is 34.2 Å². The van der Waals surface area contributed by atoms with E-state index in [1.165, 1.54) is 0 Å². The Balaban J connectivity index is 3.33. The fourth-order valence-corrected chi connectivity index (χ4v) is 1.09. The zero-order valence-electron chi connectivity index (χ0n) is 8.04. The number of esters is 1. The number of hydrogen-bond acceptors (Lipinski definition) is 4. The van der Waals surface area contributed by atoms with Crippen molar-refractivity contribution in [1.29, 1.82) is 0 Å². The van der Waals surface area contributed by atoms with Crippen molar-refractivity contribution in [3.63, 3.8) is 0 Å². The Morgan fingerprint density at radius 1 is 1.38 bits per heavy atom. The van der Waals surface area contributed by atoms with Gasteiger partial charge in [-0.3, -0.25) is 0 Å². The van der Waals surface area contributed by atoms with Crippen LogP contribution >= 0.6 is 0 Å². The summed E-state index contributed by atoms with van der Waals surface area (Å²) in [7, 11) is 1.04. The Labute approximate surface area is 88.0 Å². The van der Waals surface area contributed by atoms with E-state index in [2.05, 4.69) is 9.91 Å². The molecule has 1 aromatic rings. The molecule has 0 heterocycles. The molecule has 0 amide bonds. The van der Waals surface area contributed by atoms with Gasteiger partial charge in [-0.05, 0) is 23.4 Å². The molecule has 0 aliphatic carbocycles. The van der Waals surface area contributed by atoms with E-state index in [0.717, 1.165) is 19.2 Å². The number of methoxy groups -OCH3 is 1. The predicted octanol–water partition coefficient (Wildman–Crippen LogP) is 2.89. The van der Waals surface area contributed by atoms with Crippen LogP contribution in [0.3, 0.4) is 0 Å². The first-order chi connectivity index (χ1) is 7.40. The van der Waals surface area contributed by atoms with Crippen LogP contribution in [0.5, 0.6) is 0 Å². The molecule has 7 heteroatoms. The lowest BCUT2D eigenvalue weighted by Crippen LogP contribution is -2.08. The molecule has 0 aliphatic heterocycles. The zero-order valence-corrected chi connectivity index (χ0v) is 8.04. The highest BCUT2D eigenvalue weighted by molar-refractivity contribution is 5.90. The Hall–Kier alpha value is -1.92. The summed E-state index contributed by atoms with van der Waals surface area (Å²) in [6.45, 7) is 0. The van der Waals surface area contributed by atoms with Gasteiger partial charge in [0, 0.05) is 0 Å². The molecular weight excluding hydrogens is 227 g/mol. The number of benzene rings is 1. The summed E-state index contributed by atoms with van der Waals surface area (Å²) in [6, 6.07) is 2.39. The molecule has 0 bridgehead atoms. The molecule has 86 valence electrons. The summed E-state index contributed by atoms with van der Waals surface area (Å²) in [5.41, 5.74) is -2.31. The van der Waals surface area contributed by atoms with Crippen molar-refractivity contribution in [1.82, 2.24) is 0 Å². The average Bonchev–Trinajstić information content (AvgIpc) is 2.26. The van der Waals surface area contributed by atoms with E-state index in [1.54, 1.807) is 0 Å². The van der Waals surface area contributed by atoms with Gasteiger partial charge in [-0.2, -0.15) is 13.2 Å². The first-order valence-electron chi connectivity index (χ1n) is 4.03. The number of nitrogens with zero attached hydrogens (tertiary/aromatic N) is 1. The highest BCUT2D eigenvalue weighted by Crippen LogP contribution is 2.36. The van der Waals surface area contributed by atoms with E-state index in [1.807, 2.05) is 0 Å². The minimum atomic E-state index is -4.74. The van der Waals surface area contributed by atoms with Crippen molar-refractivity contribution < 1.29 is 22.7 Å². The largest absolute Gasteiger partial charge is 0.465 e. The van der Waals surface area contributed by atoms with E-state index in [-0.39, 0.29) is 5.56 Å². The van der Waals surface area contributed by atoms with Crippen molar-refractivity contribution in [2.75, 3.05) is 7.11 Å². The summed E-state index contributed by atoms with van der Waals surface area (Å²) in [4.78, 5) is 21.2. The predicted molar refractivity (Wildman–Crippen MR) is 48.2 cm³/mol. The molecule has 0 spiro atoms. The fourth-order valence-electron chi connectivity index (χ4n) is 1.09. The summed E-state index contributed by atoms with van der Waals surface area (Å²) < 4.78 is 41.6. The monoisotopic (exact) mass is 233 g/mol. The van der Waals surface area contributed by atoms with E-state index in [4.69, 9.17) is 0 Å². The molecule has 16 heavy (non-hydrogen) atoms. The number of carbonyl (C=O) groups is 1. The van der Waals surface area contributed by atoms with Crippen molar-refractivity contribution in [2.45, 2.75) is 6.18 Å². The summed E-state index contributed by atoms with van der Waals surface area (Å²) in [6.07, 6.45) is -4.74. The molecule has 0 fully saturated rings. The number of halogens is 3. The Bertz CT molecular complexity index is 428. The van der Waals surface area contributed by atoms with Crippen LogP contribution in [-0.4, -0.2) is 13.1 Å². The minimum absolute atomic E-state index is 0.290. The number of hydrogen-bond donors (Lipinski definition) is 0. The minimum Gasteiger partial charge on any atom is -0.465 e. The first kappa shape index (κ1) is 12.2. The van der Waals surface area contributed by atoms with Gasteiger partial charge in [-0.15, -0.1) is 4.91 Å². The van der Waals surface area contributed by atoms with E-state index < -0.39 is 23.4 Å². The van der Waals surface area contributed by atoms with Crippen LogP contribution in [-0.2, 0) is 10.9 Å². The van der Waals surface area contributed by atoms with Gasteiger partial charge in [0.1, 0.15) is 5.69 Å². The second-order valence-corrected chi connectivity index (χ2v) is 2.81. The lowest BCUT2D eigenvalue weighted by atomic mass is 10.1. The normalized spacial score (nSPS) is 11.0. The quantitative estimate of drug-likeness (QED) is 0.582. The summed E-state index contributed by atoms with van der Waals surface area (Å²) in [5, 5.41) is 2.24. The molecule has 0 saturated carbocycles. The first-order valence-corrected chi connectivity index (χ1v) is 4.03. The summed E-state index contributed by atoms with van der Waals surface area (Å²) in [5.74, 6) is -0.914. The lowest BCUT2D eigenvalue weighted by Gasteiger charge is -2.09. The molecule has 0 N–H and O–H groups in total. The standard InChI is InChI=1S/C9H6F3NO3/c1-16-8(14)5-2-3-7(13-15)6(4-5)9(10,11)12/h2-4H,1H3. The maximum Gasteiger partial charge on any atom is 0.418 e. The van der Waals surface area contributed by atoms with Gasteiger partial charge in [0.15, 0.2) is 0 Å². The number of nitroso groups, excluding NO2 is 1. The molecule has 0 atom stereocenters. The average molecular weight is 233 g/mol. The Kier molecular flexibility index (Phi) is 3.26. The molecular formula is C9H6F3NO3. The molecule has 0 aromatic heterocycles. The maximum absolute atomic E-state index is 12.4. The molecule has 1 rings (SSSR count). The van der Waals surface area contributed by atoms with Crippen LogP contribution in [0, 0.1) is 4.91 Å². The number of alkyl halides is 3. The maximum atomic E-state index is 12.4. The van der Waals surface area contributed by atoms with Crippen LogP contribution < -0.4 is 0 Å². The van der Waals surface area contributed by atoms with Gasteiger partial charge in [0.05, 0.1) is 18.2 Å². The molecule has 0 unspecified atom stereocenters. The molecule has 0 saturated heterocycles. The lowest BCUT2D eigenvalue weighted by molar-refractivity contribution is -0.137. The number of carbonyl (C=O) groups excluding carboxylic acids is 1. The number of rotatable bonds is 2. The van der Waals surface area contributed by atoms with Crippen molar-refractivity contribution >= 4 is 11.7 Å². The highest BCUT2D eigenvalue weighted by atomic mass is 19.4. The molecule has 0 aliphatic rings. The van der Waals surface area contributed by atoms with Crippen LogP contribution in [0.2, 0.25) is 0 Å². The molecule has 1 aromatic carbocycles. The topological polar surface area (TPSA) is 55.7 Å². The highest BCUT2D eigenvalue weighted by Gasteiger charge is 2.34. The second kappa shape index (κ2) is 4.30. The van der Waals surface area contributed by atoms with Crippen LogP contribution in [0.1, 0.15) is 15.9 Å². The SMILES string of the molecule is COC(=O)c1ccc(N=O)c(C(F)(F)F)c1. The van der Waals surface area contributed by atoms with Gasteiger partial charge in [-0.1, -0.05) is 0 Å². The van der Waals surface area contributed by atoms with Gasteiger partial charge < -0.3 is 4.74 Å². The van der Waals surface area contributed by atoms with E-state index in [0.29, 0.717) is 6.07 Å². The van der Waals surface area contributed by atoms with Crippen LogP contribution in [0.4, 0.5) is 18.9 Å². The third-order valence-electron chi connectivity index (χ3n) is 1.82. The van der Waals surface area contributed by atoms with Crippen molar-refractivity contribution in [3.8, 4) is 0 Å². The molecule has 0 radical (unpaired) electrons. The Morgan fingerprint density at radius 3 is 2.44 bits per heavy atom. The Morgan fingerprint density at radius 2 is 2.00 bits per heavy atom. The summed E-state index contributed by atoms with van der Waals surface area (Å²) >= 11 is 0. The van der Waals surface area contributed by atoms with Gasteiger partial charge in [0.25, 0.3) is 0 Å². The van der Waals surface area contributed by atoms with E-state index >= 15 is 0 Å². The smallest absolute Gasteiger partial charge is 0.418 e. The van der Waals surface area contributed by atoms with E-state index in [9.17, 15) is 22.9 Å². The number of ether oxygens (including phenoxy) is 1. The van der Waals surface area contributed by atoms with Crippen LogP contribution in [0.15, 0.2) is 23.4 Å². The fraction of sp³-hybridized carbons (Fsp3) is 0.222. The van der Waals surface area contributed by atoms with Gasteiger partial charge in [0.2, 0.25) is 0 Å². The second-order valence-electron chi connectivity index (χ2n) is 2.81. The zero-order chi connectivity index (χ0) is 12.3. The molecule has 4 nitrogen and oxygen atoms in total. The third kappa shape index (κ3) is 2.36. The third-order valence-corrected chi connectivity index (χ3v) is 1.82. The van der Waals surface area contributed by atoms with Gasteiger partial charge in [-0.25, -0.2) is 4.79 Å².